The molecule has 8 nitrogen and oxygen atoms in total. The molecule has 0 fully saturated rings. The van der Waals surface area contributed by atoms with Crippen LogP contribution in [0.2, 0.25) is 0 Å². The van der Waals surface area contributed by atoms with Crippen LogP contribution in [0.5, 0.6) is 17.2 Å². The van der Waals surface area contributed by atoms with Crippen LogP contribution < -0.4 is 24.8 Å². The minimum Gasteiger partial charge on any atom is -0.495 e. The highest BCUT2D eigenvalue weighted by molar-refractivity contribution is 6.03. The van der Waals surface area contributed by atoms with Gasteiger partial charge in [0.15, 0.2) is 11.5 Å². The first-order valence-electron chi connectivity index (χ1n) is 8.16. The average molecular weight is 364 g/mol. The lowest BCUT2D eigenvalue weighted by Gasteiger charge is -2.10. The third-order valence-electron chi connectivity index (χ3n) is 3.88. The van der Waals surface area contributed by atoms with Gasteiger partial charge in [-0.15, -0.1) is 0 Å². The molecule has 0 spiro atoms. The molecule has 2 heterocycles. The van der Waals surface area contributed by atoms with E-state index in [-0.39, 0.29) is 18.4 Å². The Morgan fingerprint density at radius 2 is 1.93 bits per heavy atom. The first kappa shape index (κ1) is 16.6. The van der Waals surface area contributed by atoms with E-state index in [0.29, 0.717) is 28.8 Å². The van der Waals surface area contributed by atoms with E-state index >= 15 is 0 Å². The predicted octanol–water partition coefficient (Wildman–Crippen LogP) is 3.21. The molecule has 8 heteroatoms. The molecule has 0 unspecified atom stereocenters. The number of benzene rings is 2. The first-order chi connectivity index (χ1) is 13.2. The molecule has 1 aromatic heterocycles. The minimum absolute atomic E-state index is 0.192. The summed E-state index contributed by atoms with van der Waals surface area (Å²) in [5, 5.41) is 5.86. The molecule has 136 valence electrons. The third kappa shape index (κ3) is 3.59. The van der Waals surface area contributed by atoms with Crippen molar-refractivity contribution in [2.75, 3.05) is 24.5 Å². The number of carbonyl (C=O) groups is 1. The molecule has 3 aromatic rings. The second-order valence-electron chi connectivity index (χ2n) is 5.63. The van der Waals surface area contributed by atoms with Crippen LogP contribution in [-0.2, 0) is 0 Å². The van der Waals surface area contributed by atoms with Crippen LogP contribution in [0.15, 0.2) is 54.9 Å². The summed E-state index contributed by atoms with van der Waals surface area (Å²) in [5.74, 6) is 2.07. The largest absolute Gasteiger partial charge is 0.495 e. The fourth-order valence-corrected chi connectivity index (χ4v) is 2.57. The van der Waals surface area contributed by atoms with Gasteiger partial charge in [-0.25, -0.2) is 9.97 Å². The highest BCUT2D eigenvalue weighted by atomic mass is 16.7. The second-order valence-corrected chi connectivity index (χ2v) is 5.63. The third-order valence-corrected chi connectivity index (χ3v) is 3.88. The molecule has 0 bridgehead atoms. The number of para-hydroxylation sites is 2. The van der Waals surface area contributed by atoms with Crippen LogP contribution >= 0.6 is 0 Å². The number of fused-ring (bicyclic) bond motifs is 1. The van der Waals surface area contributed by atoms with Crippen molar-refractivity contribution in [2.24, 2.45) is 0 Å². The summed E-state index contributed by atoms with van der Waals surface area (Å²) in [4.78, 5) is 20.8. The molecular weight excluding hydrogens is 348 g/mol. The maximum absolute atomic E-state index is 12.4. The Hall–Kier alpha value is -3.81. The molecule has 0 aliphatic carbocycles. The van der Waals surface area contributed by atoms with Crippen LogP contribution in [0.4, 0.5) is 17.2 Å². The second kappa shape index (κ2) is 7.20. The van der Waals surface area contributed by atoms with Gasteiger partial charge in [-0.05, 0) is 24.3 Å². The summed E-state index contributed by atoms with van der Waals surface area (Å²) >= 11 is 0. The zero-order valence-corrected chi connectivity index (χ0v) is 14.4. The number of aromatic nitrogens is 2. The van der Waals surface area contributed by atoms with Crippen LogP contribution in [0, 0.1) is 0 Å². The number of rotatable bonds is 5. The van der Waals surface area contributed by atoms with Crippen molar-refractivity contribution >= 4 is 23.1 Å². The van der Waals surface area contributed by atoms with Crippen LogP contribution in [0.25, 0.3) is 0 Å². The van der Waals surface area contributed by atoms with Crippen LogP contribution in [0.1, 0.15) is 10.5 Å². The summed E-state index contributed by atoms with van der Waals surface area (Å²) in [6.45, 7) is 0.217. The molecule has 1 amide bonds. The predicted molar refractivity (Wildman–Crippen MR) is 98.8 cm³/mol. The fraction of sp³-hybridized carbons (Fsp3) is 0.105. The summed E-state index contributed by atoms with van der Waals surface area (Å²) in [7, 11) is 1.54. The Labute approximate surface area is 155 Å². The zero-order chi connectivity index (χ0) is 18.6. The Balaban J connectivity index is 1.44. The number of hydrogen-bond donors (Lipinski definition) is 2. The van der Waals surface area contributed by atoms with Gasteiger partial charge in [0, 0.05) is 11.8 Å². The van der Waals surface area contributed by atoms with Crippen molar-refractivity contribution in [3.63, 3.8) is 0 Å². The summed E-state index contributed by atoms with van der Waals surface area (Å²) in [5.41, 5.74) is 1.53. The number of hydrogen-bond acceptors (Lipinski definition) is 7. The standard InChI is InChI=1S/C19H16N4O4/c1-25-15-5-3-2-4-13(15)23-19(24)14-9-21-18(10-20-14)22-12-6-7-16-17(8-12)27-11-26-16/h2-10H,11H2,1H3,(H,21,22)(H,23,24). The zero-order valence-electron chi connectivity index (χ0n) is 14.4. The Morgan fingerprint density at radius 3 is 2.74 bits per heavy atom. The summed E-state index contributed by atoms with van der Waals surface area (Å²) < 4.78 is 15.8. The average Bonchev–Trinajstić information content (AvgIpc) is 3.17. The van der Waals surface area contributed by atoms with Gasteiger partial charge in [0.05, 0.1) is 25.2 Å². The fourth-order valence-electron chi connectivity index (χ4n) is 2.57. The molecule has 1 aliphatic rings. The quantitative estimate of drug-likeness (QED) is 0.718. The van der Waals surface area contributed by atoms with Gasteiger partial charge in [-0.3, -0.25) is 4.79 Å². The SMILES string of the molecule is COc1ccccc1NC(=O)c1cnc(Nc2ccc3c(c2)OCO3)cn1. The molecule has 0 atom stereocenters. The van der Waals surface area contributed by atoms with E-state index in [2.05, 4.69) is 20.6 Å². The lowest BCUT2D eigenvalue weighted by atomic mass is 10.2. The van der Waals surface area contributed by atoms with Crippen LogP contribution in [0.3, 0.4) is 0 Å². The van der Waals surface area contributed by atoms with Gasteiger partial charge in [0.1, 0.15) is 17.3 Å². The van der Waals surface area contributed by atoms with Crippen molar-refractivity contribution in [3.8, 4) is 17.2 Å². The molecule has 1 aliphatic heterocycles. The number of nitrogens with one attached hydrogen (secondary N) is 2. The normalized spacial score (nSPS) is 11.7. The number of ether oxygens (including phenoxy) is 3. The number of nitrogens with zero attached hydrogens (tertiary/aromatic N) is 2. The molecule has 0 saturated carbocycles. The van der Waals surface area contributed by atoms with Gasteiger partial charge in [-0.1, -0.05) is 12.1 Å². The van der Waals surface area contributed by atoms with Crippen molar-refractivity contribution < 1.29 is 19.0 Å². The van der Waals surface area contributed by atoms with Gasteiger partial charge in [-0.2, -0.15) is 0 Å². The lowest BCUT2D eigenvalue weighted by molar-refractivity contribution is 0.102. The highest BCUT2D eigenvalue weighted by Crippen LogP contribution is 2.34. The number of anilines is 3. The minimum atomic E-state index is -0.373. The molecule has 2 aromatic carbocycles. The summed E-state index contributed by atoms with van der Waals surface area (Å²) in [6.07, 6.45) is 2.89. The van der Waals surface area contributed by atoms with E-state index < -0.39 is 0 Å². The van der Waals surface area contributed by atoms with Crippen molar-refractivity contribution in [1.29, 1.82) is 0 Å². The number of amides is 1. The van der Waals surface area contributed by atoms with E-state index in [1.165, 1.54) is 12.4 Å². The van der Waals surface area contributed by atoms with Gasteiger partial charge < -0.3 is 24.8 Å². The highest BCUT2D eigenvalue weighted by Gasteiger charge is 2.14. The van der Waals surface area contributed by atoms with Gasteiger partial charge in [0.2, 0.25) is 6.79 Å². The van der Waals surface area contributed by atoms with Gasteiger partial charge in [0.25, 0.3) is 5.91 Å². The molecule has 0 saturated heterocycles. The van der Waals surface area contributed by atoms with E-state index in [0.717, 1.165) is 5.69 Å². The van der Waals surface area contributed by atoms with Crippen molar-refractivity contribution in [2.45, 2.75) is 0 Å². The van der Waals surface area contributed by atoms with Crippen molar-refractivity contribution in [1.82, 2.24) is 9.97 Å². The molecule has 0 radical (unpaired) electrons. The maximum Gasteiger partial charge on any atom is 0.275 e. The van der Waals surface area contributed by atoms with Crippen LogP contribution in [-0.4, -0.2) is 29.8 Å². The monoisotopic (exact) mass is 364 g/mol. The smallest absolute Gasteiger partial charge is 0.275 e. The summed E-state index contributed by atoms with van der Waals surface area (Å²) in [6, 6.07) is 12.6. The Kier molecular flexibility index (Phi) is 4.44. The Bertz CT molecular complexity index is 976. The van der Waals surface area contributed by atoms with Gasteiger partial charge >= 0.3 is 0 Å². The topological polar surface area (TPSA) is 94.6 Å². The van der Waals surface area contributed by atoms with E-state index in [4.69, 9.17) is 14.2 Å². The molecule has 4 rings (SSSR count). The van der Waals surface area contributed by atoms with Crippen molar-refractivity contribution in [3.05, 3.63) is 60.6 Å². The van der Waals surface area contributed by atoms with E-state index in [1.54, 1.807) is 19.2 Å². The Morgan fingerprint density at radius 1 is 1.07 bits per heavy atom. The number of carbonyl (C=O) groups excluding carboxylic acids is 1. The molecule has 27 heavy (non-hydrogen) atoms. The number of methoxy groups -OCH3 is 1. The maximum atomic E-state index is 12.4. The first-order valence-corrected chi connectivity index (χ1v) is 8.16. The molecule has 2 N–H and O–H groups in total. The molecular formula is C19H16N4O4. The van der Waals surface area contributed by atoms with E-state index in [1.807, 2.05) is 30.3 Å². The lowest BCUT2D eigenvalue weighted by Crippen LogP contribution is -2.14. The van der Waals surface area contributed by atoms with E-state index in [9.17, 15) is 4.79 Å².